The number of hydrogen-bond donors (Lipinski definition) is 2. The van der Waals surface area contributed by atoms with E-state index < -0.39 is 18.2 Å². The number of aliphatic hydroxyl groups excluding tert-OH is 2. The van der Waals surface area contributed by atoms with E-state index in [1.165, 1.54) is 12.0 Å². The Morgan fingerprint density at radius 2 is 2.09 bits per heavy atom. The van der Waals surface area contributed by atoms with Gasteiger partial charge in [-0.25, -0.2) is 0 Å². The van der Waals surface area contributed by atoms with E-state index in [-0.39, 0.29) is 11.7 Å². The molecule has 2 N–H and O–H groups in total. The highest BCUT2D eigenvalue weighted by molar-refractivity contribution is 6.31. The third-order valence-electron chi connectivity index (χ3n) is 4.34. The van der Waals surface area contributed by atoms with E-state index in [2.05, 4.69) is 0 Å². The summed E-state index contributed by atoms with van der Waals surface area (Å²) in [4.78, 5) is 14.0. The lowest BCUT2D eigenvalue weighted by Crippen LogP contribution is -2.44. The molecule has 124 valence electrons. The Bertz CT molecular complexity index is 743. The highest BCUT2D eigenvalue weighted by atomic mass is 35.5. The number of rotatable bonds is 3. The number of fused-ring (bicyclic) bond motifs is 1. The Morgan fingerprint density at radius 1 is 1.35 bits per heavy atom. The number of nitrogens with zero attached hydrogens (tertiary/aromatic N) is 1. The lowest BCUT2D eigenvalue weighted by Gasteiger charge is -2.26. The number of methoxy groups -OCH3 is 1. The Morgan fingerprint density at radius 3 is 2.70 bits per heavy atom. The standard InChI is InChI=1S/C16H18ClNO5/c1-18(10-3-4-11(19)14(10)20)16(21)13-6-8-5-9(17)7-12(22-2)15(8)23-13/h5-7,10-11,14,19-20H,3-4H2,1-2H3/t10-,11-,14-/m1/s1. The molecule has 0 aliphatic heterocycles. The van der Waals surface area contributed by atoms with Gasteiger partial charge in [0.15, 0.2) is 17.1 Å². The molecule has 1 aliphatic rings. The number of aliphatic hydroxyl groups is 2. The van der Waals surface area contributed by atoms with E-state index in [0.717, 1.165) is 0 Å². The van der Waals surface area contributed by atoms with Crippen LogP contribution in [-0.2, 0) is 0 Å². The average Bonchev–Trinajstić information content (AvgIpc) is 3.09. The molecule has 0 radical (unpaired) electrons. The Hall–Kier alpha value is -1.76. The van der Waals surface area contributed by atoms with Crippen molar-refractivity contribution in [2.24, 2.45) is 0 Å². The molecule has 2 aromatic rings. The van der Waals surface area contributed by atoms with Crippen LogP contribution < -0.4 is 4.74 Å². The van der Waals surface area contributed by atoms with Crippen LogP contribution in [0, 0.1) is 0 Å². The lowest BCUT2D eigenvalue weighted by atomic mass is 10.1. The number of carbonyl (C=O) groups is 1. The van der Waals surface area contributed by atoms with Crippen molar-refractivity contribution >= 4 is 28.5 Å². The molecule has 23 heavy (non-hydrogen) atoms. The zero-order chi connectivity index (χ0) is 16.7. The van der Waals surface area contributed by atoms with Crippen LogP contribution in [0.3, 0.4) is 0 Å². The van der Waals surface area contributed by atoms with E-state index >= 15 is 0 Å². The van der Waals surface area contributed by atoms with Gasteiger partial charge in [-0.1, -0.05) is 11.6 Å². The van der Waals surface area contributed by atoms with Gasteiger partial charge in [-0.15, -0.1) is 0 Å². The third kappa shape index (κ3) is 2.78. The minimum atomic E-state index is -0.947. The minimum absolute atomic E-state index is 0.136. The normalized spacial score (nSPS) is 24.1. The van der Waals surface area contributed by atoms with Crippen molar-refractivity contribution < 1.29 is 24.2 Å². The zero-order valence-electron chi connectivity index (χ0n) is 12.8. The number of amides is 1. The number of halogens is 1. The molecule has 7 heteroatoms. The Balaban J connectivity index is 1.92. The Kier molecular flexibility index (Phi) is 4.23. The second kappa shape index (κ2) is 6.03. The van der Waals surface area contributed by atoms with Crippen molar-refractivity contribution in [3.8, 4) is 5.75 Å². The molecular weight excluding hydrogens is 322 g/mol. The van der Waals surface area contributed by atoms with Crippen molar-refractivity contribution in [1.82, 2.24) is 4.90 Å². The van der Waals surface area contributed by atoms with E-state index in [1.54, 1.807) is 25.2 Å². The summed E-state index contributed by atoms with van der Waals surface area (Å²) in [6.07, 6.45) is -0.741. The van der Waals surface area contributed by atoms with Crippen LogP contribution >= 0.6 is 11.6 Å². The SMILES string of the molecule is COc1cc(Cl)cc2cc(C(=O)N(C)[C@@H]3CC[C@@H](O)[C@@H]3O)oc12. The maximum Gasteiger partial charge on any atom is 0.289 e. The largest absolute Gasteiger partial charge is 0.493 e. The fourth-order valence-electron chi connectivity index (χ4n) is 3.03. The van der Waals surface area contributed by atoms with Gasteiger partial charge in [0.05, 0.1) is 19.3 Å². The molecule has 1 saturated carbocycles. The molecule has 3 atom stereocenters. The van der Waals surface area contributed by atoms with E-state index in [9.17, 15) is 15.0 Å². The fourth-order valence-corrected chi connectivity index (χ4v) is 3.25. The van der Waals surface area contributed by atoms with Gasteiger partial charge in [-0.05, 0) is 25.0 Å². The van der Waals surface area contributed by atoms with Crippen LogP contribution in [0.1, 0.15) is 23.4 Å². The van der Waals surface area contributed by atoms with Crippen molar-refractivity contribution in [3.63, 3.8) is 0 Å². The third-order valence-corrected chi connectivity index (χ3v) is 4.56. The molecule has 1 heterocycles. The molecule has 0 saturated heterocycles. The summed E-state index contributed by atoms with van der Waals surface area (Å²) in [5.74, 6) is 0.222. The average molecular weight is 340 g/mol. The van der Waals surface area contributed by atoms with E-state index in [0.29, 0.717) is 34.6 Å². The van der Waals surface area contributed by atoms with Gasteiger partial charge in [0.25, 0.3) is 5.91 Å². The monoisotopic (exact) mass is 339 g/mol. The summed E-state index contributed by atoms with van der Waals surface area (Å²) < 4.78 is 10.8. The van der Waals surface area contributed by atoms with Crippen molar-refractivity contribution in [3.05, 3.63) is 29.0 Å². The van der Waals surface area contributed by atoms with Gasteiger partial charge in [0.2, 0.25) is 0 Å². The highest BCUT2D eigenvalue weighted by Crippen LogP contribution is 2.33. The van der Waals surface area contributed by atoms with Crippen LogP contribution in [0.25, 0.3) is 11.0 Å². The van der Waals surface area contributed by atoms with Crippen molar-refractivity contribution in [1.29, 1.82) is 0 Å². The van der Waals surface area contributed by atoms with Gasteiger partial charge in [0.1, 0.15) is 6.10 Å². The smallest absolute Gasteiger partial charge is 0.289 e. The van der Waals surface area contributed by atoms with Crippen LogP contribution in [-0.4, -0.2) is 53.4 Å². The first-order valence-corrected chi connectivity index (χ1v) is 7.70. The molecule has 0 bridgehead atoms. The predicted molar refractivity (Wildman–Crippen MR) is 84.9 cm³/mol. The first-order chi connectivity index (χ1) is 10.9. The maximum atomic E-state index is 12.6. The van der Waals surface area contributed by atoms with E-state index in [4.69, 9.17) is 20.8 Å². The molecule has 1 amide bonds. The van der Waals surface area contributed by atoms with Gasteiger partial charge < -0.3 is 24.3 Å². The summed E-state index contributed by atoms with van der Waals surface area (Å²) in [6.45, 7) is 0. The van der Waals surface area contributed by atoms with Crippen LogP contribution in [0.15, 0.2) is 22.6 Å². The molecule has 1 aromatic carbocycles. The number of furan rings is 1. The molecule has 1 aromatic heterocycles. The minimum Gasteiger partial charge on any atom is -0.493 e. The molecule has 0 spiro atoms. The number of hydrogen-bond acceptors (Lipinski definition) is 5. The van der Waals surface area contributed by atoms with Gasteiger partial charge in [-0.3, -0.25) is 4.79 Å². The first kappa shape index (κ1) is 16.1. The number of ether oxygens (including phenoxy) is 1. The van der Waals surface area contributed by atoms with Crippen LogP contribution in [0.2, 0.25) is 5.02 Å². The molecule has 3 rings (SSSR count). The highest BCUT2D eigenvalue weighted by Gasteiger charge is 2.38. The lowest BCUT2D eigenvalue weighted by molar-refractivity contribution is 0.00582. The number of likely N-dealkylation sites (N-methyl/N-ethyl adjacent to an activating group) is 1. The number of benzene rings is 1. The fraction of sp³-hybridized carbons (Fsp3) is 0.438. The molecule has 1 aliphatic carbocycles. The summed E-state index contributed by atoms with van der Waals surface area (Å²) in [5.41, 5.74) is 0.445. The second-order valence-corrected chi connectivity index (χ2v) is 6.19. The van der Waals surface area contributed by atoms with Gasteiger partial charge in [0, 0.05) is 23.5 Å². The molecule has 1 fully saturated rings. The van der Waals surface area contributed by atoms with Gasteiger partial charge >= 0.3 is 0 Å². The van der Waals surface area contributed by atoms with Crippen LogP contribution in [0.5, 0.6) is 5.75 Å². The molecule has 0 unspecified atom stereocenters. The van der Waals surface area contributed by atoms with Crippen molar-refractivity contribution in [2.75, 3.05) is 14.2 Å². The summed E-state index contributed by atoms with van der Waals surface area (Å²) in [7, 11) is 3.09. The molecule has 6 nitrogen and oxygen atoms in total. The second-order valence-electron chi connectivity index (χ2n) is 5.76. The van der Waals surface area contributed by atoms with Crippen LogP contribution in [0.4, 0.5) is 0 Å². The predicted octanol–water partition coefficient (Wildman–Crippen LogP) is 2.05. The van der Waals surface area contributed by atoms with E-state index in [1.807, 2.05) is 0 Å². The summed E-state index contributed by atoms with van der Waals surface area (Å²) in [6, 6.07) is 4.47. The number of carbonyl (C=O) groups excluding carboxylic acids is 1. The summed E-state index contributed by atoms with van der Waals surface area (Å²) in [5, 5.41) is 20.8. The topological polar surface area (TPSA) is 83.1 Å². The first-order valence-electron chi connectivity index (χ1n) is 7.32. The Labute approximate surface area is 138 Å². The quantitative estimate of drug-likeness (QED) is 0.894. The maximum absolute atomic E-state index is 12.6. The zero-order valence-corrected chi connectivity index (χ0v) is 13.6. The molecular formula is C16H18ClNO5. The summed E-state index contributed by atoms with van der Waals surface area (Å²) >= 11 is 6.01. The van der Waals surface area contributed by atoms with Gasteiger partial charge in [-0.2, -0.15) is 0 Å². The van der Waals surface area contributed by atoms with Crippen molar-refractivity contribution in [2.45, 2.75) is 31.1 Å².